The number of hydrogen-bond donors (Lipinski definition) is 2. The van der Waals surface area contributed by atoms with Crippen molar-refractivity contribution in [1.82, 2.24) is 10.3 Å². The molecule has 0 amide bonds. The standard InChI is InChI=1S/C29H33F2N3O4/c1-36-27-14-11-23-26(38-29(35)37-2)13-7-20(28(23)34-27)17-25(32)18-5-9-22(10-6-18)33-15-3-4-19-16-21(30)8-12-24(19)31/h3-4,7-8,11-14,16,18,22,25,33H,5-6,9-10,15,17,32H2,1-2H3/b4-3+/t18-,22-,25-/m1/s1. The Morgan fingerprint density at radius 1 is 1.13 bits per heavy atom. The third kappa shape index (κ3) is 6.85. The van der Waals surface area contributed by atoms with Crippen molar-refractivity contribution in [3.05, 3.63) is 71.3 Å². The van der Waals surface area contributed by atoms with Gasteiger partial charge in [-0.3, -0.25) is 0 Å². The van der Waals surface area contributed by atoms with Gasteiger partial charge in [0.1, 0.15) is 17.4 Å². The number of pyridine rings is 1. The summed E-state index contributed by atoms with van der Waals surface area (Å²) < 4.78 is 42.3. The van der Waals surface area contributed by atoms with Gasteiger partial charge in [0.2, 0.25) is 5.88 Å². The first-order valence-corrected chi connectivity index (χ1v) is 12.7. The van der Waals surface area contributed by atoms with Gasteiger partial charge >= 0.3 is 6.16 Å². The normalized spacial score (nSPS) is 18.4. The maximum Gasteiger partial charge on any atom is 0.513 e. The number of rotatable bonds is 9. The molecule has 0 unspecified atom stereocenters. The van der Waals surface area contributed by atoms with Gasteiger partial charge in [-0.2, -0.15) is 0 Å². The highest BCUT2D eigenvalue weighted by molar-refractivity contribution is 5.90. The molecule has 3 aromatic rings. The summed E-state index contributed by atoms with van der Waals surface area (Å²) in [6, 6.07) is 10.9. The SMILES string of the molecule is COC(=O)Oc1ccc(C[C@@H](N)[C@H]2CC[C@H](NC/C=C/c3cc(F)ccc3F)CC2)c2nc(OC)ccc12. The van der Waals surface area contributed by atoms with Gasteiger partial charge in [0.25, 0.3) is 0 Å². The number of benzene rings is 2. The van der Waals surface area contributed by atoms with Crippen LogP contribution in [0.3, 0.4) is 0 Å². The molecule has 1 aliphatic carbocycles. The molecule has 38 heavy (non-hydrogen) atoms. The van der Waals surface area contributed by atoms with Crippen molar-refractivity contribution in [2.24, 2.45) is 11.7 Å². The average Bonchev–Trinajstić information content (AvgIpc) is 2.94. The second-order valence-electron chi connectivity index (χ2n) is 9.48. The van der Waals surface area contributed by atoms with Gasteiger partial charge in [-0.05, 0) is 73.9 Å². The number of hydrogen-bond acceptors (Lipinski definition) is 7. The van der Waals surface area contributed by atoms with E-state index in [0.717, 1.165) is 43.4 Å². The Labute approximate surface area is 221 Å². The fraction of sp³-hybridized carbons (Fsp3) is 0.379. The Kier molecular flexibility index (Phi) is 9.25. The number of carbonyl (C=O) groups excluding carboxylic acids is 1. The van der Waals surface area contributed by atoms with Crippen LogP contribution in [0.15, 0.2) is 48.5 Å². The number of carbonyl (C=O) groups is 1. The predicted molar refractivity (Wildman–Crippen MR) is 142 cm³/mol. The monoisotopic (exact) mass is 525 g/mol. The minimum atomic E-state index is -0.798. The molecule has 1 heterocycles. The summed E-state index contributed by atoms with van der Waals surface area (Å²) in [5, 5.41) is 4.16. The summed E-state index contributed by atoms with van der Waals surface area (Å²) >= 11 is 0. The lowest BCUT2D eigenvalue weighted by atomic mass is 9.80. The lowest BCUT2D eigenvalue weighted by Gasteiger charge is -2.32. The summed E-state index contributed by atoms with van der Waals surface area (Å²) in [5.41, 5.74) is 8.56. The van der Waals surface area contributed by atoms with Gasteiger partial charge in [0.15, 0.2) is 0 Å². The number of aromatic nitrogens is 1. The Hall–Kier alpha value is -3.56. The smallest absolute Gasteiger partial charge is 0.481 e. The number of methoxy groups -OCH3 is 2. The van der Waals surface area contributed by atoms with E-state index >= 15 is 0 Å². The molecule has 0 saturated heterocycles. The molecule has 2 aromatic carbocycles. The zero-order valence-electron chi connectivity index (χ0n) is 21.6. The van der Waals surface area contributed by atoms with Gasteiger partial charge < -0.3 is 25.3 Å². The van der Waals surface area contributed by atoms with Crippen LogP contribution in [0.1, 0.15) is 36.8 Å². The highest BCUT2D eigenvalue weighted by atomic mass is 19.1. The second kappa shape index (κ2) is 12.8. The molecular weight excluding hydrogens is 492 g/mol. The summed E-state index contributed by atoms with van der Waals surface area (Å²) in [6.07, 6.45) is 7.18. The molecule has 0 aliphatic heterocycles. The number of nitrogens with one attached hydrogen (secondary N) is 1. The molecule has 4 rings (SSSR count). The van der Waals surface area contributed by atoms with Crippen molar-refractivity contribution in [1.29, 1.82) is 0 Å². The topological polar surface area (TPSA) is 95.7 Å². The minimum absolute atomic E-state index is 0.0598. The van der Waals surface area contributed by atoms with Crippen LogP contribution < -0.4 is 20.5 Å². The van der Waals surface area contributed by atoms with E-state index in [9.17, 15) is 13.6 Å². The molecule has 9 heteroatoms. The molecule has 202 valence electrons. The first-order valence-electron chi connectivity index (χ1n) is 12.7. The zero-order chi connectivity index (χ0) is 27.1. The molecule has 1 aromatic heterocycles. The lowest BCUT2D eigenvalue weighted by molar-refractivity contribution is 0.122. The van der Waals surface area contributed by atoms with Gasteiger partial charge in [0, 0.05) is 35.6 Å². The molecular formula is C29H33F2N3O4. The van der Waals surface area contributed by atoms with E-state index in [2.05, 4.69) is 15.0 Å². The Morgan fingerprint density at radius 2 is 1.92 bits per heavy atom. The summed E-state index contributed by atoms with van der Waals surface area (Å²) in [7, 11) is 2.81. The zero-order valence-corrected chi connectivity index (χ0v) is 21.6. The van der Waals surface area contributed by atoms with Crippen molar-refractivity contribution in [2.75, 3.05) is 20.8 Å². The second-order valence-corrected chi connectivity index (χ2v) is 9.48. The van der Waals surface area contributed by atoms with Crippen molar-refractivity contribution in [2.45, 2.75) is 44.2 Å². The fourth-order valence-corrected chi connectivity index (χ4v) is 4.96. The van der Waals surface area contributed by atoms with Crippen LogP contribution in [-0.4, -0.2) is 44.0 Å². The fourth-order valence-electron chi connectivity index (χ4n) is 4.96. The first-order chi connectivity index (χ1) is 18.4. The summed E-state index contributed by atoms with van der Waals surface area (Å²) in [4.78, 5) is 16.3. The van der Waals surface area contributed by atoms with Crippen LogP contribution >= 0.6 is 0 Å². The maximum atomic E-state index is 13.8. The van der Waals surface area contributed by atoms with Crippen LogP contribution in [0.2, 0.25) is 0 Å². The summed E-state index contributed by atoms with van der Waals surface area (Å²) in [5.74, 6) is 0.284. The molecule has 7 nitrogen and oxygen atoms in total. The van der Waals surface area contributed by atoms with E-state index in [1.807, 2.05) is 18.2 Å². The van der Waals surface area contributed by atoms with Gasteiger partial charge in [-0.15, -0.1) is 0 Å². The van der Waals surface area contributed by atoms with E-state index in [-0.39, 0.29) is 11.6 Å². The van der Waals surface area contributed by atoms with Crippen LogP contribution in [0, 0.1) is 17.6 Å². The molecule has 1 saturated carbocycles. The number of ether oxygens (including phenoxy) is 3. The van der Waals surface area contributed by atoms with E-state index < -0.39 is 17.8 Å². The Morgan fingerprint density at radius 3 is 2.66 bits per heavy atom. The van der Waals surface area contributed by atoms with Crippen molar-refractivity contribution < 1.29 is 27.8 Å². The van der Waals surface area contributed by atoms with Crippen LogP contribution in [0.5, 0.6) is 11.6 Å². The molecule has 3 N–H and O–H groups in total. The molecule has 0 spiro atoms. The van der Waals surface area contributed by atoms with Gasteiger partial charge in [0.05, 0.1) is 19.7 Å². The molecule has 1 aliphatic rings. The van der Waals surface area contributed by atoms with Crippen LogP contribution in [0.25, 0.3) is 17.0 Å². The molecule has 0 radical (unpaired) electrons. The highest BCUT2D eigenvalue weighted by Crippen LogP contribution is 2.33. The average molecular weight is 526 g/mol. The van der Waals surface area contributed by atoms with Gasteiger partial charge in [-0.1, -0.05) is 18.2 Å². The van der Waals surface area contributed by atoms with Crippen LogP contribution in [0.4, 0.5) is 13.6 Å². The third-order valence-corrected chi connectivity index (χ3v) is 7.06. The third-order valence-electron chi connectivity index (χ3n) is 7.06. The number of fused-ring (bicyclic) bond motifs is 1. The lowest BCUT2D eigenvalue weighted by Crippen LogP contribution is -2.39. The number of nitrogens with two attached hydrogens (primary N) is 1. The van der Waals surface area contributed by atoms with Crippen LogP contribution in [-0.2, 0) is 11.2 Å². The number of halogens is 2. The van der Waals surface area contributed by atoms with E-state index in [1.165, 1.54) is 13.2 Å². The highest BCUT2D eigenvalue weighted by Gasteiger charge is 2.26. The molecule has 0 bridgehead atoms. The first kappa shape index (κ1) is 27.5. The molecule has 1 atom stereocenters. The predicted octanol–water partition coefficient (Wildman–Crippen LogP) is 5.40. The maximum absolute atomic E-state index is 13.8. The van der Waals surface area contributed by atoms with E-state index in [1.54, 1.807) is 25.3 Å². The largest absolute Gasteiger partial charge is 0.513 e. The van der Waals surface area contributed by atoms with E-state index in [0.29, 0.717) is 47.5 Å². The Balaban J connectivity index is 1.34. The van der Waals surface area contributed by atoms with Gasteiger partial charge in [-0.25, -0.2) is 18.6 Å². The summed E-state index contributed by atoms with van der Waals surface area (Å²) in [6.45, 7) is 0.580. The number of nitrogens with zero attached hydrogens (tertiary/aromatic N) is 1. The van der Waals surface area contributed by atoms with E-state index in [4.69, 9.17) is 15.2 Å². The Bertz CT molecular complexity index is 1290. The van der Waals surface area contributed by atoms with Crippen molar-refractivity contribution in [3.63, 3.8) is 0 Å². The van der Waals surface area contributed by atoms with Crippen molar-refractivity contribution in [3.8, 4) is 11.6 Å². The molecule has 1 fully saturated rings. The minimum Gasteiger partial charge on any atom is -0.481 e. The van der Waals surface area contributed by atoms with Crippen molar-refractivity contribution >= 4 is 23.1 Å². The quantitative estimate of drug-likeness (QED) is 0.285.